The molecular formula is C10H14N4O2. The predicted molar refractivity (Wildman–Crippen MR) is 59.4 cm³/mol. The van der Waals surface area contributed by atoms with Crippen molar-refractivity contribution in [3.05, 3.63) is 12.4 Å². The van der Waals surface area contributed by atoms with E-state index in [0.29, 0.717) is 18.4 Å². The van der Waals surface area contributed by atoms with E-state index in [2.05, 4.69) is 20.6 Å². The zero-order valence-electron chi connectivity index (χ0n) is 8.81. The van der Waals surface area contributed by atoms with Gasteiger partial charge in [-0.1, -0.05) is 0 Å². The molecular weight excluding hydrogens is 208 g/mol. The molecule has 0 spiro atoms. The van der Waals surface area contributed by atoms with Crippen LogP contribution >= 0.6 is 0 Å². The number of aromatic nitrogens is 2. The van der Waals surface area contributed by atoms with Gasteiger partial charge in [0.1, 0.15) is 18.0 Å². The fourth-order valence-electron chi connectivity index (χ4n) is 1.27. The highest BCUT2D eigenvalue weighted by atomic mass is 16.4. The van der Waals surface area contributed by atoms with E-state index in [4.69, 9.17) is 5.11 Å². The zero-order valence-corrected chi connectivity index (χ0v) is 8.81. The van der Waals surface area contributed by atoms with E-state index >= 15 is 0 Å². The quantitative estimate of drug-likeness (QED) is 0.664. The first-order valence-corrected chi connectivity index (χ1v) is 5.28. The van der Waals surface area contributed by atoms with E-state index in [1.165, 1.54) is 19.2 Å². The maximum Gasteiger partial charge on any atom is 0.305 e. The van der Waals surface area contributed by atoms with E-state index in [0.717, 1.165) is 5.82 Å². The van der Waals surface area contributed by atoms with Crippen LogP contribution in [-0.2, 0) is 4.79 Å². The summed E-state index contributed by atoms with van der Waals surface area (Å²) in [6.07, 6.45) is 3.92. The Balaban J connectivity index is 1.85. The summed E-state index contributed by atoms with van der Waals surface area (Å²) in [6.45, 7) is 0.370. The Morgan fingerprint density at radius 3 is 2.88 bits per heavy atom. The van der Waals surface area contributed by atoms with Crippen molar-refractivity contribution < 1.29 is 9.90 Å². The summed E-state index contributed by atoms with van der Waals surface area (Å²) in [5.41, 5.74) is 0. The molecule has 0 radical (unpaired) electrons. The lowest BCUT2D eigenvalue weighted by molar-refractivity contribution is -0.136. The summed E-state index contributed by atoms with van der Waals surface area (Å²) >= 11 is 0. The van der Waals surface area contributed by atoms with Crippen LogP contribution in [0.2, 0.25) is 0 Å². The molecule has 1 aromatic rings. The Hall–Kier alpha value is -1.85. The number of carboxylic acids is 1. The first kappa shape index (κ1) is 10.7. The second-order valence-electron chi connectivity index (χ2n) is 3.78. The smallest absolute Gasteiger partial charge is 0.305 e. The molecule has 1 saturated carbocycles. The number of aliphatic carboxylic acids is 1. The molecule has 16 heavy (non-hydrogen) atoms. The van der Waals surface area contributed by atoms with Crippen molar-refractivity contribution in [2.45, 2.75) is 25.3 Å². The van der Waals surface area contributed by atoms with Crippen LogP contribution in [0.5, 0.6) is 0 Å². The largest absolute Gasteiger partial charge is 0.481 e. The fourth-order valence-corrected chi connectivity index (χ4v) is 1.27. The molecule has 6 heteroatoms. The van der Waals surface area contributed by atoms with Crippen LogP contribution in [0.15, 0.2) is 12.4 Å². The number of anilines is 2. The molecule has 86 valence electrons. The van der Waals surface area contributed by atoms with Gasteiger partial charge in [-0.2, -0.15) is 0 Å². The van der Waals surface area contributed by atoms with Gasteiger partial charge in [-0.15, -0.1) is 0 Å². The van der Waals surface area contributed by atoms with E-state index in [1.807, 2.05) is 0 Å². The predicted octanol–water partition coefficient (Wildman–Crippen LogP) is 0.937. The Morgan fingerprint density at radius 2 is 2.19 bits per heavy atom. The Labute approximate surface area is 93.1 Å². The average molecular weight is 222 g/mol. The summed E-state index contributed by atoms with van der Waals surface area (Å²) < 4.78 is 0. The van der Waals surface area contributed by atoms with Crippen LogP contribution in [0.1, 0.15) is 19.3 Å². The minimum atomic E-state index is -0.821. The van der Waals surface area contributed by atoms with E-state index in [-0.39, 0.29) is 6.42 Å². The molecule has 0 aliphatic heterocycles. The molecule has 1 aromatic heterocycles. The van der Waals surface area contributed by atoms with Crippen molar-refractivity contribution in [1.29, 1.82) is 0 Å². The third-order valence-corrected chi connectivity index (χ3v) is 2.24. The third-order valence-electron chi connectivity index (χ3n) is 2.24. The summed E-state index contributed by atoms with van der Waals surface area (Å²) in [4.78, 5) is 18.4. The van der Waals surface area contributed by atoms with Crippen molar-refractivity contribution in [3.63, 3.8) is 0 Å². The van der Waals surface area contributed by atoms with Crippen molar-refractivity contribution in [1.82, 2.24) is 9.97 Å². The first-order chi connectivity index (χ1) is 7.74. The van der Waals surface area contributed by atoms with E-state index in [9.17, 15) is 4.79 Å². The van der Waals surface area contributed by atoms with Gasteiger partial charge in [0.05, 0.1) is 6.42 Å². The zero-order chi connectivity index (χ0) is 11.4. The summed E-state index contributed by atoms with van der Waals surface area (Å²) in [6, 6.07) is 2.34. The van der Waals surface area contributed by atoms with Crippen molar-refractivity contribution in [3.8, 4) is 0 Å². The topological polar surface area (TPSA) is 87.1 Å². The lowest BCUT2D eigenvalue weighted by atomic mass is 10.4. The SMILES string of the molecule is O=C(O)CCNc1cc(NC2CC2)ncn1. The Bertz CT molecular complexity index is 379. The van der Waals surface area contributed by atoms with Crippen LogP contribution in [0.25, 0.3) is 0 Å². The van der Waals surface area contributed by atoms with Gasteiger partial charge >= 0.3 is 5.97 Å². The molecule has 1 fully saturated rings. The van der Waals surface area contributed by atoms with Gasteiger partial charge in [0, 0.05) is 18.7 Å². The standard InChI is InChI=1S/C10H14N4O2/c15-10(16)3-4-11-8-5-9(13-6-12-8)14-7-1-2-7/h5-7H,1-4H2,(H,15,16)(H2,11,12,13,14). The van der Waals surface area contributed by atoms with Crippen LogP contribution < -0.4 is 10.6 Å². The monoisotopic (exact) mass is 222 g/mol. The van der Waals surface area contributed by atoms with Crippen molar-refractivity contribution >= 4 is 17.6 Å². The second kappa shape index (κ2) is 4.78. The highest BCUT2D eigenvalue weighted by Crippen LogP contribution is 2.23. The number of hydrogen-bond acceptors (Lipinski definition) is 5. The van der Waals surface area contributed by atoms with Gasteiger partial charge in [-0.3, -0.25) is 4.79 Å². The first-order valence-electron chi connectivity index (χ1n) is 5.28. The summed E-state index contributed by atoms with van der Waals surface area (Å²) in [7, 11) is 0. The third kappa shape index (κ3) is 3.38. The van der Waals surface area contributed by atoms with E-state index < -0.39 is 5.97 Å². The fraction of sp³-hybridized carbons (Fsp3) is 0.500. The molecule has 0 amide bonds. The molecule has 0 saturated heterocycles. The van der Waals surface area contributed by atoms with Gasteiger partial charge in [-0.05, 0) is 12.8 Å². The lowest BCUT2D eigenvalue weighted by Gasteiger charge is -2.06. The Morgan fingerprint density at radius 1 is 1.44 bits per heavy atom. The lowest BCUT2D eigenvalue weighted by Crippen LogP contribution is -2.10. The molecule has 1 aliphatic carbocycles. The highest BCUT2D eigenvalue weighted by Gasteiger charge is 2.21. The number of nitrogens with zero attached hydrogens (tertiary/aromatic N) is 2. The molecule has 0 aromatic carbocycles. The van der Waals surface area contributed by atoms with Crippen LogP contribution in [-0.4, -0.2) is 33.6 Å². The maximum absolute atomic E-state index is 10.3. The van der Waals surface area contributed by atoms with Gasteiger partial charge in [0.2, 0.25) is 0 Å². The molecule has 1 heterocycles. The molecule has 0 bridgehead atoms. The minimum absolute atomic E-state index is 0.0788. The number of carboxylic acid groups (broad SMARTS) is 1. The number of carbonyl (C=O) groups is 1. The van der Waals surface area contributed by atoms with Gasteiger partial charge in [0.15, 0.2) is 0 Å². The molecule has 1 aliphatic rings. The van der Waals surface area contributed by atoms with Gasteiger partial charge in [-0.25, -0.2) is 9.97 Å². The molecule has 6 nitrogen and oxygen atoms in total. The Kier molecular flexibility index (Phi) is 3.19. The van der Waals surface area contributed by atoms with E-state index in [1.54, 1.807) is 6.07 Å². The maximum atomic E-state index is 10.3. The average Bonchev–Trinajstić information content (AvgIpc) is 3.02. The number of rotatable bonds is 6. The highest BCUT2D eigenvalue weighted by molar-refractivity contribution is 5.67. The van der Waals surface area contributed by atoms with Gasteiger partial charge < -0.3 is 15.7 Å². The number of nitrogens with one attached hydrogen (secondary N) is 2. The van der Waals surface area contributed by atoms with Crippen molar-refractivity contribution in [2.24, 2.45) is 0 Å². The van der Waals surface area contributed by atoms with Gasteiger partial charge in [0.25, 0.3) is 0 Å². The van der Waals surface area contributed by atoms with Crippen molar-refractivity contribution in [2.75, 3.05) is 17.2 Å². The molecule has 0 atom stereocenters. The normalized spacial score (nSPS) is 14.5. The minimum Gasteiger partial charge on any atom is -0.481 e. The second-order valence-corrected chi connectivity index (χ2v) is 3.78. The number of hydrogen-bond donors (Lipinski definition) is 3. The van der Waals surface area contributed by atoms with Crippen LogP contribution in [0.3, 0.4) is 0 Å². The molecule has 0 unspecified atom stereocenters. The summed E-state index contributed by atoms with van der Waals surface area (Å²) in [5.74, 6) is 0.618. The van der Waals surface area contributed by atoms with Crippen LogP contribution in [0, 0.1) is 0 Å². The molecule has 2 rings (SSSR count). The summed E-state index contributed by atoms with van der Waals surface area (Å²) in [5, 5.41) is 14.7. The van der Waals surface area contributed by atoms with Crippen LogP contribution in [0.4, 0.5) is 11.6 Å². The molecule has 3 N–H and O–H groups in total.